The van der Waals surface area contributed by atoms with Crippen molar-refractivity contribution in [1.29, 1.82) is 0 Å². The Kier molecular flexibility index (Phi) is 6.38. The summed E-state index contributed by atoms with van der Waals surface area (Å²) in [4.78, 5) is 18.8. The minimum absolute atomic E-state index is 0.0681. The van der Waals surface area contributed by atoms with E-state index >= 15 is 0 Å². The second-order valence-electron chi connectivity index (χ2n) is 7.62. The summed E-state index contributed by atoms with van der Waals surface area (Å²) in [5, 5.41) is 35.5. The summed E-state index contributed by atoms with van der Waals surface area (Å²) in [7, 11) is -3.23. The number of fused-ring (bicyclic) bond motifs is 1. The van der Waals surface area contributed by atoms with Crippen molar-refractivity contribution in [3.8, 4) is 0 Å². The monoisotopic (exact) mass is 467 g/mol. The Bertz CT molecular complexity index is 1240. The summed E-state index contributed by atoms with van der Waals surface area (Å²) in [6, 6.07) is 12.0. The van der Waals surface area contributed by atoms with E-state index in [9.17, 15) is 19.1 Å². The molecule has 0 aliphatic carbocycles. The number of rotatable bonds is 7. The maximum absolute atomic E-state index is 11.9. The van der Waals surface area contributed by atoms with Crippen LogP contribution in [0.1, 0.15) is 28.5 Å². The Labute approximate surface area is 192 Å². The molecule has 1 aromatic heterocycles. The third-order valence-corrected chi connectivity index (χ3v) is 6.17. The topological polar surface area (TPSA) is 181 Å². The summed E-state index contributed by atoms with van der Waals surface area (Å²) in [6.07, 6.45) is 0.592. The van der Waals surface area contributed by atoms with Crippen molar-refractivity contribution in [3.63, 3.8) is 0 Å². The van der Waals surface area contributed by atoms with Crippen molar-refractivity contribution in [1.82, 2.24) is 15.2 Å². The molecule has 0 saturated carbocycles. The number of hydrogen-bond donors (Lipinski definition) is 5. The Morgan fingerprint density at radius 2 is 2.03 bits per heavy atom. The van der Waals surface area contributed by atoms with E-state index in [2.05, 4.69) is 20.5 Å². The van der Waals surface area contributed by atoms with Gasteiger partial charge in [-0.1, -0.05) is 30.3 Å². The summed E-state index contributed by atoms with van der Waals surface area (Å²) >= 11 is 0. The highest BCUT2D eigenvalue weighted by atomic mass is 32.2. The van der Waals surface area contributed by atoms with Crippen LogP contribution in [-0.4, -0.2) is 48.5 Å². The van der Waals surface area contributed by atoms with Gasteiger partial charge in [0.15, 0.2) is 11.5 Å². The Morgan fingerprint density at radius 1 is 1.27 bits per heavy atom. The smallest absolute Gasteiger partial charge is 0.423 e. The second-order valence-corrected chi connectivity index (χ2v) is 8.65. The van der Waals surface area contributed by atoms with Gasteiger partial charge in [-0.25, -0.2) is 9.35 Å². The van der Waals surface area contributed by atoms with Gasteiger partial charge >= 0.3 is 7.12 Å². The molecule has 170 valence electrons. The maximum atomic E-state index is 11.9. The lowest BCUT2D eigenvalue weighted by molar-refractivity contribution is 0.0995. The molecule has 0 saturated heterocycles. The third kappa shape index (κ3) is 4.57. The van der Waals surface area contributed by atoms with Crippen LogP contribution in [-0.2, 0) is 24.0 Å². The quantitative estimate of drug-likeness (QED) is 0.282. The maximum Gasteiger partial charge on any atom is 0.488 e. The third-order valence-electron chi connectivity index (χ3n) is 5.36. The molecule has 2 heterocycles. The lowest BCUT2D eigenvalue weighted by Crippen LogP contribution is -2.30. The average Bonchev–Trinajstić information content (AvgIpc) is 3.13. The van der Waals surface area contributed by atoms with Gasteiger partial charge in [-0.3, -0.25) is 4.79 Å². The molecule has 0 spiro atoms. The fourth-order valence-corrected chi connectivity index (χ4v) is 4.50. The largest absolute Gasteiger partial charge is 0.488 e. The first-order valence-electron chi connectivity index (χ1n) is 10.1. The number of nitrogens with two attached hydrogens (primary N) is 2. The minimum Gasteiger partial charge on any atom is -0.423 e. The van der Waals surface area contributed by atoms with Crippen molar-refractivity contribution >= 4 is 46.9 Å². The molecular formula is C20H22BN7O4S. The SMILES string of the molecule is CC1Cc2c(cccc2S(N)=O)N1c1nnc(C(N)=O)c(NCc2cccc(B(O)O)c2)n1. The molecule has 0 fully saturated rings. The molecule has 2 unspecified atom stereocenters. The van der Waals surface area contributed by atoms with Gasteiger partial charge in [0.05, 0.1) is 4.90 Å². The molecule has 3 aromatic rings. The fourth-order valence-electron chi connectivity index (χ4n) is 3.86. The average molecular weight is 467 g/mol. The molecule has 33 heavy (non-hydrogen) atoms. The van der Waals surface area contributed by atoms with Crippen LogP contribution in [0, 0.1) is 0 Å². The summed E-state index contributed by atoms with van der Waals surface area (Å²) in [6.45, 7) is 2.19. The molecule has 13 heteroatoms. The Morgan fingerprint density at radius 3 is 2.73 bits per heavy atom. The van der Waals surface area contributed by atoms with E-state index in [0.717, 1.165) is 16.8 Å². The second kappa shape index (κ2) is 9.23. The summed E-state index contributed by atoms with van der Waals surface area (Å²) < 4.78 is 11.9. The first kappa shape index (κ1) is 22.8. The standard InChI is InChI=1S/C20H22BN7O4S/c1-11-8-14-15(6-3-7-16(14)33(23)32)28(11)20-25-19(17(18(22)29)26-27-20)24-10-12-4-2-5-13(9-12)21(30)31/h2-7,9,11,30-31H,8,10,23H2,1H3,(H2,22,29)(H,24,25,27). The zero-order chi connectivity index (χ0) is 23.7. The van der Waals surface area contributed by atoms with Crippen molar-refractivity contribution < 1.29 is 19.1 Å². The molecule has 0 radical (unpaired) electrons. The number of carbonyl (C=O) groups excluding carboxylic acids is 1. The van der Waals surface area contributed by atoms with E-state index < -0.39 is 24.0 Å². The molecule has 1 amide bonds. The number of anilines is 3. The molecule has 4 rings (SSSR count). The van der Waals surface area contributed by atoms with Crippen LogP contribution in [0.3, 0.4) is 0 Å². The van der Waals surface area contributed by atoms with Gasteiger partial charge in [0.25, 0.3) is 11.9 Å². The van der Waals surface area contributed by atoms with E-state index in [1.54, 1.807) is 36.4 Å². The highest BCUT2D eigenvalue weighted by molar-refractivity contribution is 7.82. The highest BCUT2D eigenvalue weighted by Crippen LogP contribution is 2.39. The Balaban J connectivity index is 1.68. The summed E-state index contributed by atoms with van der Waals surface area (Å²) in [5.74, 6) is -0.408. The van der Waals surface area contributed by atoms with Crippen molar-refractivity contribution in [2.75, 3.05) is 10.2 Å². The van der Waals surface area contributed by atoms with Gasteiger partial charge in [0.2, 0.25) is 0 Å². The van der Waals surface area contributed by atoms with E-state index in [1.165, 1.54) is 0 Å². The van der Waals surface area contributed by atoms with Crippen LogP contribution in [0.4, 0.5) is 17.5 Å². The highest BCUT2D eigenvalue weighted by Gasteiger charge is 2.32. The van der Waals surface area contributed by atoms with Gasteiger partial charge in [-0.15, -0.1) is 10.2 Å². The first-order chi connectivity index (χ1) is 15.8. The van der Waals surface area contributed by atoms with Crippen LogP contribution in [0.15, 0.2) is 47.4 Å². The number of carbonyl (C=O) groups is 1. The zero-order valence-electron chi connectivity index (χ0n) is 17.7. The number of nitrogens with one attached hydrogen (secondary N) is 1. The molecule has 7 N–H and O–H groups in total. The zero-order valence-corrected chi connectivity index (χ0v) is 18.5. The number of hydrogen-bond acceptors (Lipinski definition) is 9. The number of aromatic nitrogens is 3. The molecular weight excluding hydrogens is 445 g/mol. The number of benzene rings is 2. The number of primary amides is 1. The minimum atomic E-state index is -1.63. The normalized spacial score (nSPS) is 15.8. The van der Waals surface area contributed by atoms with Gasteiger partial charge in [0, 0.05) is 18.3 Å². The molecule has 1 aliphatic heterocycles. The van der Waals surface area contributed by atoms with Crippen LogP contribution in [0.5, 0.6) is 0 Å². The van der Waals surface area contributed by atoms with Gasteiger partial charge < -0.3 is 26.0 Å². The van der Waals surface area contributed by atoms with Gasteiger partial charge in [-0.05, 0) is 42.1 Å². The predicted molar refractivity (Wildman–Crippen MR) is 124 cm³/mol. The van der Waals surface area contributed by atoms with Crippen LogP contribution < -0.4 is 26.6 Å². The lowest BCUT2D eigenvalue weighted by atomic mass is 9.80. The van der Waals surface area contributed by atoms with E-state index in [-0.39, 0.29) is 30.0 Å². The number of nitrogens with zero attached hydrogens (tertiary/aromatic N) is 4. The molecule has 1 aliphatic rings. The van der Waals surface area contributed by atoms with Gasteiger partial charge in [-0.2, -0.15) is 4.98 Å². The molecule has 2 aromatic carbocycles. The summed E-state index contributed by atoms with van der Waals surface area (Å²) in [5.41, 5.74) is 8.01. The molecule has 11 nitrogen and oxygen atoms in total. The molecule has 0 bridgehead atoms. The van der Waals surface area contributed by atoms with Crippen LogP contribution in [0.2, 0.25) is 0 Å². The van der Waals surface area contributed by atoms with Crippen LogP contribution >= 0.6 is 0 Å². The van der Waals surface area contributed by atoms with Crippen molar-refractivity contribution in [2.24, 2.45) is 10.9 Å². The predicted octanol–water partition coefficient (Wildman–Crippen LogP) is -0.674. The first-order valence-corrected chi connectivity index (χ1v) is 11.3. The Hall–Kier alpha value is -3.39. The lowest BCUT2D eigenvalue weighted by Gasteiger charge is -2.23. The van der Waals surface area contributed by atoms with Crippen molar-refractivity contribution in [2.45, 2.75) is 30.8 Å². The molecule has 2 atom stereocenters. The van der Waals surface area contributed by atoms with E-state index in [0.29, 0.717) is 16.8 Å². The van der Waals surface area contributed by atoms with Crippen molar-refractivity contribution in [3.05, 3.63) is 59.3 Å². The van der Waals surface area contributed by atoms with E-state index in [4.69, 9.17) is 10.9 Å². The number of amides is 1. The van der Waals surface area contributed by atoms with Crippen LogP contribution in [0.25, 0.3) is 0 Å². The van der Waals surface area contributed by atoms with Gasteiger partial charge in [0.1, 0.15) is 11.0 Å². The van der Waals surface area contributed by atoms with E-state index in [1.807, 2.05) is 17.9 Å². The fraction of sp³-hybridized carbons (Fsp3) is 0.200.